The molecule has 1 aliphatic heterocycles. The molecule has 0 amide bonds. The summed E-state index contributed by atoms with van der Waals surface area (Å²) in [6, 6.07) is 2.37. The molecule has 0 aromatic rings. The minimum absolute atomic E-state index is 0.768. The number of piperidine rings is 1. The zero-order chi connectivity index (χ0) is 11.5. The summed E-state index contributed by atoms with van der Waals surface area (Å²) in [7, 11) is 0. The first-order valence-electron chi connectivity index (χ1n) is 7.21. The Morgan fingerprint density at radius 1 is 1.31 bits per heavy atom. The molecule has 1 heterocycles. The molecule has 0 aromatic carbocycles. The highest BCUT2D eigenvalue weighted by molar-refractivity contribution is 4.89. The minimum Gasteiger partial charge on any atom is -0.314 e. The van der Waals surface area contributed by atoms with E-state index in [1.54, 1.807) is 0 Å². The number of nitrogens with zero attached hydrogens (tertiary/aromatic N) is 1. The summed E-state index contributed by atoms with van der Waals surface area (Å²) >= 11 is 0. The van der Waals surface area contributed by atoms with Crippen molar-refractivity contribution in [1.29, 1.82) is 0 Å². The summed E-state index contributed by atoms with van der Waals surface area (Å²) < 4.78 is 0. The van der Waals surface area contributed by atoms with Gasteiger partial charge in [-0.3, -0.25) is 4.90 Å². The first-order valence-corrected chi connectivity index (χ1v) is 7.21. The van der Waals surface area contributed by atoms with Gasteiger partial charge in [0.05, 0.1) is 0 Å². The van der Waals surface area contributed by atoms with Crippen LogP contribution in [0, 0.1) is 5.92 Å². The SMILES string of the molecule is CCNC1CCN(C(C)C2CCC2)C(C)C1. The number of hydrogen-bond acceptors (Lipinski definition) is 2. The molecular formula is C14H28N2. The van der Waals surface area contributed by atoms with Crippen molar-refractivity contribution < 1.29 is 0 Å². The quantitative estimate of drug-likeness (QED) is 0.790. The van der Waals surface area contributed by atoms with Crippen molar-refractivity contribution in [2.24, 2.45) is 5.92 Å². The molecule has 1 saturated carbocycles. The van der Waals surface area contributed by atoms with Crippen LogP contribution in [0.4, 0.5) is 0 Å². The molecule has 0 spiro atoms. The Kier molecular flexibility index (Phi) is 4.26. The summed E-state index contributed by atoms with van der Waals surface area (Å²) in [5.41, 5.74) is 0. The van der Waals surface area contributed by atoms with E-state index >= 15 is 0 Å². The van der Waals surface area contributed by atoms with Crippen molar-refractivity contribution in [2.75, 3.05) is 13.1 Å². The Bertz CT molecular complexity index is 213. The van der Waals surface area contributed by atoms with Crippen LogP contribution in [-0.4, -0.2) is 36.1 Å². The molecule has 2 aliphatic rings. The van der Waals surface area contributed by atoms with Crippen molar-refractivity contribution >= 4 is 0 Å². The van der Waals surface area contributed by atoms with Crippen LogP contribution < -0.4 is 5.32 Å². The molecule has 0 bridgehead atoms. The molecule has 2 nitrogen and oxygen atoms in total. The van der Waals surface area contributed by atoms with Crippen molar-refractivity contribution in [3.05, 3.63) is 0 Å². The smallest absolute Gasteiger partial charge is 0.00980 e. The van der Waals surface area contributed by atoms with Gasteiger partial charge in [-0.1, -0.05) is 13.3 Å². The first kappa shape index (κ1) is 12.4. The van der Waals surface area contributed by atoms with Gasteiger partial charge in [0, 0.05) is 24.7 Å². The second-order valence-corrected chi connectivity index (χ2v) is 5.80. The van der Waals surface area contributed by atoms with Gasteiger partial charge in [0.25, 0.3) is 0 Å². The first-order chi connectivity index (χ1) is 7.72. The summed E-state index contributed by atoms with van der Waals surface area (Å²) in [6.45, 7) is 9.51. The Morgan fingerprint density at radius 3 is 2.56 bits per heavy atom. The van der Waals surface area contributed by atoms with Crippen LogP contribution in [0.5, 0.6) is 0 Å². The normalized spacial score (nSPS) is 34.7. The second-order valence-electron chi connectivity index (χ2n) is 5.80. The highest BCUT2D eigenvalue weighted by Gasteiger charge is 2.33. The fourth-order valence-corrected chi connectivity index (χ4v) is 3.46. The fraction of sp³-hybridized carbons (Fsp3) is 1.00. The Morgan fingerprint density at radius 2 is 2.06 bits per heavy atom. The van der Waals surface area contributed by atoms with Crippen LogP contribution in [0.3, 0.4) is 0 Å². The highest BCUT2D eigenvalue weighted by atomic mass is 15.2. The predicted molar refractivity (Wildman–Crippen MR) is 69.7 cm³/mol. The standard InChI is InChI=1S/C14H28N2/c1-4-15-14-8-9-16(11(2)10-14)12(3)13-6-5-7-13/h11-15H,4-10H2,1-3H3. The maximum absolute atomic E-state index is 3.60. The fourth-order valence-electron chi connectivity index (χ4n) is 3.46. The van der Waals surface area contributed by atoms with Gasteiger partial charge in [0.15, 0.2) is 0 Å². The highest BCUT2D eigenvalue weighted by Crippen LogP contribution is 2.34. The zero-order valence-corrected chi connectivity index (χ0v) is 11.2. The van der Waals surface area contributed by atoms with Crippen LogP contribution in [0.25, 0.3) is 0 Å². The van der Waals surface area contributed by atoms with Crippen molar-refractivity contribution in [1.82, 2.24) is 10.2 Å². The van der Waals surface area contributed by atoms with Gasteiger partial charge in [0.1, 0.15) is 0 Å². The molecule has 0 radical (unpaired) electrons. The topological polar surface area (TPSA) is 15.3 Å². The molecule has 0 aromatic heterocycles. The largest absolute Gasteiger partial charge is 0.314 e. The molecule has 2 heteroatoms. The van der Waals surface area contributed by atoms with E-state index in [4.69, 9.17) is 0 Å². The molecular weight excluding hydrogens is 196 g/mol. The van der Waals surface area contributed by atoms with Gasteiger partial charge in [0.2, 0.25) is 0 Å². The van der Waals surface area contributed by atoms with Crippen molar-refractivity contribution in [3.8, 4) is 0 Å². The second kappa shape index (κ2) is 5.50. The van der Waals surface area contributed by atoms with E-state index in [1.165, 1.54) is 38.6 Å². The van der Waals surface area contributed by atoms with Gasteiger partial charge in [-0.05, 0) is 52.0 Å². The van der Waals surface area contributed by atoms with E-state index in [0.29, 0.717) is 0 Å². The zero-order valence-electron chi connectivity index (χ0n) is 11.2. The van der Waals surface area contributed by atoms with E-state index in [-0.39, 0.29) is 0 Å². The Hall–Kier alpha value is -0.0800. The number of rotatable bonds is 4. The van der Waals surface area contributed by atoms with Crippen LogP contribution in [0.2, 0.25) is 0 Å². The lowest BCUT2D eigenvalue weighted by Crippen LogP contribution is -2.53. The molecule has 1 aliphatic carbocycles. The van der Waals surface area contributed by atoms with E-state index in [1.807, 2.05) is 0 Å². The maximum Gasteiger partial charge on any atom is 0.00980 e. The van der Waals surface area contributed by atoms with Crippen LogP contribution >= 0.6 is 0 Å². The Balaban J connectivity index is 1.83. The third-order valence-corrected chi connectivity index (χ3v) is 4.78. The van der Waals surface area contributed by atoms with E-state index in [0.717, 1.165) is 30.6 Å². The van der Waals surface area contributed by atoms with Crippen LogP contribution in [0.1, 0.15) is 52.9 Å². The van der Waals surface area contributed by atoms with E-state index < -0.39 is 0 Å². The Labute approximate surface area is 101 Å². The van der Waals surface area contributed by atoms with Gasteiger partial charge in [-0.2, -0.15) is 0 Å². The van der Waals surface area contributed by atoms with Gasteiger partial charge in [-0.15, -0.1) is 0 Å². The molecule has 1 N–H and O–H groups in total. The third-order valence-electron chi connectivity index (χ3n) is 4.78. The van der Waals surface area contributed by atoms with E-state index in [2.05, 4.69) is 31.0 Å². The molecule has 1 saturated heterocycles. The predicted octanol–water partition coefficient (Wildman–Crippen LogP) is 2.64. The number of hydrogen-bond donors (Lipinski definition) is 1. The lowest BCUT2D eigenvalue weighted by Gasteiger charge is -2.46. The van der Waals surface area contributed by atoms with Crippen LogP contribution in [0.15, 0.2) is 0 Å². The van der Waals surface area contributed by atoms with Gasteiger partial charge < -0.3 is 5.32 Å². The van der Waals surface area contributed by atoms with E-state index in [9.17, 15) is 0 Å². The summed E-state index contributed by atoms with van der Waals surface area (Å²) in [6.07, 6.45) is 7.10. The molecule has 94 valence electrons. The molecule has 3 atom stereocenters. The van der Waals surface area contributed by atoms with Crippen LogP contribution in [-0.2, 0) is 0 Å². The van der Waals surface area contributed by atoms with Gasteiger partial charge in [-0.25, -0.2) is 0 Å². The van der Waals surface area contributed by atoms with Crippen molar-refractivity contribution in [3.63, 3.8) is 0 Å². The summed E-state index contributed by atoms with van der Waals surface area (Å²) in [5, 5.41) is 3.60. The maximum atomic E-state index is 3.60. The van der Waals surface area contributed by atoms with Gasteiger partial charge >= 0.3 is 0 Å². The molecule has 2 fully saturated rings. The van der Waals surface area contributed by atoms with Crippen molar-refractivity contribution in [2.45, 2.75) is 71.0 Å². The molecule has 16 heavy (non-hydrogen) atoms. The monoisotopic (exact) mass is 224 g/mol. The lowest BCUT2D eigenvalue weighted by molar-refractivity contribution is 0.0421. The summed E-state index contributed by atoms with van der Waals surface area (Å²) in [5.74, 6) is 0.998. The average Bonchev–Trinajstić information content (AvgIpc) is 2.15. The average molecular weight is 224 g/mol. The number of nitrogens with one attached hydrogen (secondary N) is 1. The third kappa shape index (κ3) is 2.60. The number of likely N-dealkylation sites (tertiary alicyclic amines) is 1. The molecule has 3 unspecified atom stereocenters. The minimum atomic E-state index is 0.768. The lowest BCUT2D eigenvalue weighted by atomic mass is 9.78. The summed E-state index contributed by atoms with van der Waals surface area (Å²) in [4.78, 5) is 2.76. The molecule has 2 rings (SSSR count).